The van der Waals surface area contributed by atoms with Crippen LogP contribution in [-0.4, -0.2) is 7.11 Å². The summed E-state index contributed by atoms with van der Waals surface area (Å²) in [7, 11) is 3.65. The zero-order chi connectivity index (χ0) is 13.4. The first-order valence-electron chi connectivity index (χ1n) is 5.92. The molecule has 96 valence electrons. The molecule has 0 aliphatic heterocycles. The van der Waals surface area contributed by atoms with Crippen molar-refractivity contribution in [1.29, 1.82) is 0 Å². The molecule has 0 saturated heterocycles. The van der Waals surface area contributed by atoms with Crippen LogP contribution in [-0.2, 0) is 7.05 Å². The Kier molecular flexibility index (Phi) is 3.18. The van der Waals surface area contributed by atoms with E-state index in [1.165, 1.54) is 0 Å². The number of methoxy groups -OCH3 is 1. The molecule has 19 heavy (non-hydrogen) atoms. The van der Waals surface area contributed by atoms with Crippen LogP contribution in [0.4, 0.5) is 0 Å². The summed E-state index contributed by atoms with van der Waals surface area (Å²) in [4.78, 5) is 0. The van der Waals surface area contributed by atoms with Crippen LogP contribution in [0.5, 0.6) is 5.75 Å². The van der Waals surface area contributed by atoms with E-state index in [9.17, 15) is 0 Å². The van der Waals surface area contributed by atoms with Gasteiger partial charge >= 0.3 is 5.71 Å². The van der Waals surface area contributed by atoms with E-state index in [1.54, 1.807) is 7.11 Å². The Morgan fingerprint density at radius 1 is 1.16 bits per heavy atom. The summed E-state index contributed by atoms with van der Waals surface area (Å²) in [6, 6.07) is 12.1. The predicted octanol–water partition coefficient (Wildman–Crippen LogP) is 3.54. The molecule has 3 rings (SSSR count). The SMILES string of the molecule is COc1cc[n+](C)c2oc(-c3ccccc3)c(I)c12. The van der Waals surface area contributed by atoms with Crippen molar-refractivity contribution in [2.45, 2.75) is 0 Å². The molecule has 2 aromatic heterocycles. The molecule has 0 bridgehead atoms. The molecule has 0 radical (unpaired) electrons. The number of furan rings is 1. The molecular formula is C15H13INO2+. The summed E-state index contributed by atoms with van der Waals surface area (Å²) in [5, 5.41) is 1.02. The summed E-state index contributed by atoms with van der Waals surface area (Å²) in [6.45, 7) is 0. The fraction of sp³-hybridized carbons (Fsp3) is 0.133. The van der Waals surface area contributed by atoms with Crippen LogP contribution >= 0.6 is 22.6 Å². The van der Waals surface area contributed by atoms with E-state index >= 15 is 0 Å². The van der Waals surface area contributed by atoms with Crippen LogP contribution in [0.2, 0.25) is 0 Å². The van der Waals surface area contributed by atoms with Crippen LogP contribution < -0.4 is 9.30 Å². The second-order valence-electron chi connectivity index (χ2n) is 4.29. The van der Waals surface area contributed by atoms with Gasteiger partial charge in [0.2, 0.25) is 0 Å². The first kappa shape index (κ1) is 12.5. The molecule has 0 N–H and O–H groups in total. The number of hydrogen-bond donors (Lipinski definition) is 0. The minimum atomic E-state index is 0.822. The lowest BCUT2D eigenvalue weighted by molar-refractivity contribution is -0.651. The molecule has 2 heterocycles. The number of pyridine rings is 1. The van der Waals surface area contributed by atoms with Crippen LogP contribution in [0.3, 0.4) is 0 Å². The molecule has 1 aromatic carbocycles. The zero-order valence-corrected chi connectivity index (χ0v) is 12.8. The highest BCUT2D eigenvalue weighted by Crippen LogP contribution is 2.37. The number of halogens is 1. The lowest BCUT2D eigenvalue weighted by Crippen LogP contribution is -2.27. The van der Waals surface area contributed by atoms with E-state index in [1.807, 2.05) is 54.2 Å². The van der Waals surface area contributed by atoms with Crippen molar-refractivity contribution in [2.75, 3.05) is 7.11 Å². The van der Waals surface area contributed by atoms with Gasteiger partial charge in [-0.25, -0.2) is 0 Å². The van der Waals surface area contributed by atoms with Gasteiger partial charge in [-0.3, -0.25) is 0 Å². The van der Waals surface area contributed by atoms with Gasteiger partial charge in [0.1, 0.15) is 18.2 Å². The van der Waals surface area contributed by atoms with Gasteiger partial charge in [-0.2, -0.15) is 4.57 Å². The second kappa shape index (κ2) is 4.85. The van der Waals surface area contributed by atoms with Crippen molar-refractivity contribution in [3.8, 4) is 17.1 Å². The van der Waals surface area contributed by atoms with Gasteiger partial charge in [0.15, 0.2) is 12.0 Å². The third-order valence-electron chi connectivity index (χ3n) is 3.10. The lowest BCUT2D eigenvalue weighted by atomic mass is 10.1. The summed E-state index contributed by atoms with van der Waals surface area (Å²) < 4.78 is 14.5. The highest BCUT2D eigenvalue weighted by Gasteiger charge is 2.23. The maximum Gasteiger partial charge on any atom is 0.385 e. The minimum absolute atomic E-state index is 0.822. The van der Waals surface area contributed by atoms with Crippen molar-refractivity contribution in [1.82, 2.24) is 0 Å². The average Bonchev–Trinajstić information content (AvgIpc) is 2.80. The highest BCUT2D eigenvalue weighted by atomic mass is 127. The Morgan fingerprint density at radius 3 is 2.58 bits per heavy atom. The molecule has 4 heteroatoms. The van der Waals surface area contributed by atoms with Crippen molar-refractivity contribution in [2.24, 2.45) is 7.05 Å². The van der Waals surface area contributed by atoms with E-state index in [-0.39, 0.29) is 0 Å². The predicted molar refractivity (Wildman–Crippen MR) is 82.1 cm³/mol. The Bertz CT molecular complexity index is 735. The molecule has 0 aliphatic rings. The molecular weight excluding hydrogens is 353 g/mol. The van der Waals surface area contributed by atoms with Crippen molar-refractivity contribution in [3.63, 3.8) is 0 Å². The number of ether oxygens (including phenoxy) is 1. The number of rotatable bonds is 2. The number of fused-ring (bicyclic) bond motifs is 1. The molecule has 0 saturated carbocycles. The van der Waals surface area contributed by atoms with E-state index in [0.717, 1.165) is 31.7 Å². The summed E-state index contributed by atoms with van der Waals surface area (Å²) in [5.41, 5.74) is 1.90. The third-order valence-corrected chi connectivity index (χ3v) is 4.13. The molecule has 0 aliphatic carbocycles. The fourth-order valence-electron chi connectivity index (χ4n) is 2.14. The van der Waals surface area contributed by atoms with Gasteiger partial charge in [0, 0.05) is 11.6 Å². The lowest BCUT2D eigenvalue weighted by Gasteiger charge is -1.99. The van der Waals surface area contributed by atoms with E-state index in [4.69, 9.17) is 9.15 Å². The number of hydrogen-bond acceptors (Lipinski definition) is 2. The van der Waals surface area contributed by atoms with Gasteiger partial charge in [-0.1, -0.05) is 30.3 Å². The van der Waals surface area contributed by atoms with Crippen molar-refractivity contribution >= 4 is 33.7 Å². The average molecular weight is 366 g/mol. The first-order chi connectivity index (χ1) is 9.22. The zero-order valence-electron chi connectivity index (χ0n) is 10.7. The largest absolute Gasteiger partial charge is 0.495 e. The Labute approximate surface area is 124 Å². The van der Waals surface area contributed by atoms with Crippen molar-refractivity contribution in [3.05, 3.63) is 46.2 Å². The van der Waals surface area contributed by atoms with Gasteiger partial charge < -0.3 is 9.15 Å². The van der Waals surface area contributed by atoms with Crippen LogP contribution in [0.15, 0.2) is 47.0 Å². The Balaban J connectivity index is 2.35. The van der Waals surface area contributed by atoms with Crippen molar-refractivity contribution < 1.29 is 13.7 Å². The van der Waals surface area contributed by atoms with Gasteiger partial charge in [0.05, 0.1) is 10.7 Å². The maximum absolute atomic E-state index is 6.03. The van der Waals surface area contributed by atoms with Gasteiger partial charge in [-0.05, 0) is 22.6 Å². The van der Waals surface area contributed by atoms with E-state index in [2.05, 4.69) is 22.6 Å². The van der Waals surface area contributed by atoms with Crippen LogP contribution in [0, 0.1) is 3.57 Å². The quantitative estimate of drug-likeness (QED) is 0.512. The normalized spacial score (nSPS) is 10.9. The molecule has 0 atom stereocenters. The Morgan fingerprint density at radius 2 is 1.89 bits per heavy atom. The molecule has 0 fully saturated rings. The summed E-state index contributed by atoms with van der Waals surface area (Å²) in [5.74, 6) is 1.72. The van der Waals surface area contributed by atoms with E-state index < -0.39 is 0 Å². The fourth-order valence-corrected chi connectivity index (χ4v) is 3.06. The topological polar surface area (TPSA) is 26.2 Å². The highest BCUT2D eigenvalue weighted by molar-refractivity contribution is 14.1. The summed E-state index contributed by atoms with van der Waals surface area (Å²) in [6.07, 6.45) is 1.94. The molecule has 3 aromatic rings. The molecule has 3 nitrogen and oxygen atoms in total. The minimum Gasteiger partial charge on any atom is -0.495 e. The Hall–Kier alpha value is -1.56. The maximum atomic E-state index is 6.03. The first-order valence-corrected chi connectivity index (χ1v) is 7.00. The summed E-state index contributed by atoms with van der Waals surface area (Å²) >= 11 is 2.32. The number of benzene rings is 1. The second-order valence-corrected chi connectivity index (χ2v) is 5.37. The third kappa shape index (κ3) is 2.00. The van der Waals surface area contributed by atoms with Gasteiger partial charge in [0.25, 0.3) is 0 Å². The van der Waals surface area contributed by atoms with Crippen LogP contribution in [0.25, 0.3) is 22.4 Å². The monoisotopic (exact) mass is 366 g/mol. The number of nitrogens with zero attached hydrogens (tertiary/aromatic N) is 1. The molecule has 0 amide bonds. The smallest absolute Gasteiger partial charge is 0.385 e. The van der Waals surface area contributed by atoms with E-state index in [0.29, 0.717) is 0 Å². The molecule has 0 spiro atoms. The number of aromatic nitrogens is 1. The standard InChI is InChI=1S/C15H13INO2/c1-17-9-8-11(18-2)12-13(16)14(19-15(12)17)10-6-4-3-5-7-10/h3-9H,1-2H3/q+1. The van der Waals surface area contributed by atoms with Gasteiger partial charge in [-0.15, -0.1) is 0 Å². The van der Waals surface area contributed by atoms with Crippen LogP contribution in [0.1, 0.15) is 0 Å². The molecule has 0 unspecified atom stereocenters. The number of aryl methyl sites for hydroxylation is 1.